The highest BCUT2D eigenvalue weighted by atomic mass is 35.5. The topological polar surface area (TPSA) is 109 Å². The zero-order valence-corrected chi connectivity index (χ0v) is 23.3. The number of fused-ring (bicyclic) bond motifs is 2. The lowest BCUT2D eigenvalue weighted by Crippen LogP contribution is -2.59. The smallest absolute Gasteiger partial charge is 0.280 e. The molecule has 1 saturated carbocycles. The fourth-order valence-electron chi connectivity index (χ4n) is 5.07. The molecule has 4 unspecified atom stereocenters. The fourth-order valence-corrected chi connectivity index (χ4v) is 6.34. The van der Waals surface area contributed by atoms with Gasteiger partial charge in [0.1, 0.15) is 5.69 Å². The Kier molecular flexibility index (Phi) is 8.77. The molecule has 0 radical (unpaired) electrons. The first kappa shape index (κ1) is 27.8. The maximum absolute atomic E-state index is 13.2. The molecule has 5 rings (SSSR count). The number of nitrogens with zero attached hydrogens (tertiary/aromatic N) is 2. The largest absolute Gasteiger partial charge is 0.379 e. The van der Waals surface area contributed by atoms with Crippen LogP contribution in [0.3, 0.4) is 0 Å². The van der Waals surface area contributed by atoms with Crippen molar-refractivity contribution >= 4 is 58.1 Å². The zero-order chi connectivity index (χ0) is 25.4. The van der Waals surface area contributed by atoms with Crippen LogP contribution in [-0.2, 0) is 22.4 Å². The van der Waals surface area contributed by atoms with Crippen LogP contribution in [0.5, 0.6) is 0 Å². The van der Waals surface area contributed by atoms with Crippen LogP contribution in [0.15, 0.2) is 24.3 Å². The van der Waals surface area contributed by atoms with Gasteiger partial charge in [-0.3, -0.25) is 9.59 Å². The summed E-state index contributed by atoms with van der Waals surface area (Å²) in [5.41, 5.74) is 2.26. The van der Waals surface area contributed by atoms with E-state index in [1.165, 1.54) is 11.3 Å². The van der Waals surface area contributed by atoms with Gasteiger partial charge in [0.2, 0.25) is 0 Å². The van der Waals surface area contributed by atoms with Gasteiger partial charge >= 0.3 is 0 Å². The fraction of sp³-hybridized carbons (Fsp3) is 0.480. The minimum absolute atomic E-state index is 0. The van der Waals surface area contributed by atoms with Crippen molar-refractivity contribution in [1.29, 1.82) is 0 Å². The van der Waals surface area contributed by atoms with Gasteiger partial charge in [-0.25, -0.2) is 4.98 Å². The average molecular weight is 569 g/mol. The van der Waals surface area contributed by atoms with E-state index in [0.29, 0.717) is 28.6 Å². The predicted octanol–water partition coefficient (Wildman–Crippen LogP) is 3.41. The van der Waals surface area contributed by atoms with Gasteiger partial charge in [0.05, 0.1) is 30.0 Å². The molecule has 12 heteroatoms. The molecule has 37 heavy (non-hydrogen) atoms. The second-order valence-corrected chi connectivity index (χ2v) is 11.0. The lowest BCUT2D eigenvalue weighted by atomic mass is 9.85. The Morgan fingerprint density at radius 3 is 2.46 bits per heavy atom. The SMILES string of the molecule is COC1CC(NC(=O)c2cc3cc(Cl)ccc3[nH]2)C(NC(=O)c2nc3c(s2)CN(C)CC3)CC1OC.Cl. The van der Waals surface area contributed by atoms with E-state index in [1.54, 1.807) is 26.4 Å². The summed E-state index contributed by atoms with van der Waals surface area (Å²) >= 11 is 7.53. The normalized spacial score (nSPS) is 23.8. The van der Waals surface area contributed by atoms with Crippen molar-refractivity contribution in [1.82, 2.24) is 25.5 Å². The van der Waals surface area contributed by atoms with Crippen LogP contribution in [0.2, 0.25) is 5.02 Å². The summed E-state index contributed by atoms with van der Waals surface area (Å²) in [7, 11) is 5.33. The zero-order valence-electron chi connectivity index (χ0n) is 20.9. The number of carbonyl (C=O) groups excluding carboxylic acids is 2. The van der Waals surface area contributed by atoms with Crippen LogP contribution in [0.25, 0.3) is 10.9 Å². The maximum Gasteiger partial charge on any atom is 0.280 e. The van der Waals surface area contributed by atoms with Crippen LogP contribution in [0, 0.1) is 0 Å². The van der Waals surface area contributed by atoms with Gasteiger partial charge in [-0.05, 0) is 44.2 Å². The molecule has 4 atom stereocenters. The van der Waals surface area contributed by atoms with Gasteiger partial charge in [-0.15, -0.1) is 23.7 Å². The summed E-state index contributed by atoms with van der Waals surface area (Å²) in [5, 5.41) is 8.14. The van der Waals surface area contributed by atoms with Crippen LogP contribution in [-0.4, -0.2) is 78.8 Å². The Morgan fingerprint density at radius 1 is 1.11 bits per heavy atom. The third-order valence-electron chi connectivity index (χ3n) is 7.06. The molecule has 3 N–H and O–H groups in total. The third kappa shape index (κ3) is 5.94. The number of rotatable bonds is 6. The summed E-state index contributed by atoms with van der Waals surface area (Å²) in [5.74, 6) is -0.489. The molecule has 2 aromatic heterocycles. The van der Waals surface area contributed by atoms with E-state index in [-0.39, 0.29) is 48.5 Å². The summed E-state index contributed by atoms with van der Waals surface area (Å²) in [6, 6.07) is 6.50. The highest BCUT2D eigenvalue weighted by Gasteiger charge is 2.40. The summed E-state index contributed by atoms with van der Waals surface area (Å²) < 4.78 is 11.3. The highest BCUT2D eigenvalue weighted by molar-refractivity contribution is 7.13. The number of hydrogen-bond donors (Lipinski definition) is 3. The number of thiazole rings is 1. The van der Waals surface area contributed by atoms with E-state index in [2.05, 4.69) is 32.5 Å². The molecule has 1 aliphatic carbocycles. The van der Waals surface area contributed by atoms with E-state index in [1.807, 2.05) is 12.1 Å². The van der Waals surface area contributed by atoms with Crippen molar-refractivity contribution in [3.05, 3.63) is 50.6 Å². The Hall–Kier alpha value is -2.21. The summed E-state index contributed by atoms with van der Waals surface area (Å²) in [6.45, 7) is 1.74. The molecule has 3 heterocycles. The number of aromatic nitrogens is 2. The molecule has 1 aliphatic heterocycles. The van der Waals surface area contributed by atoms with Crippen molar-refractivity contribution in [2.24, 2.45) is 0 Å². The number of amides is 2. The number of nitrogens with one attached hydrogen (secondary N) is 3. The molecular weight excluding hydrogens is 537 g/mol. The van der Waals surface area contributed by atoms with Crippen LogP contribution < -0.4 is 10.6 Å². The quantitative estimate of drug-likeness (QED) is 0.421. The highest BCUT2D eigenvalue weighted by Crippen LogP contribution is 2.28. The number of hydrogen-bond acceptors (Lipinski definition) is 7. The molecular formula is C25H31Cl2N5O4S. The van der Waals surface area contributed by atoms with Crippen LogP contribution in [0.4, 0.5) is 0 Å². The summed E-state index contributed by atoms with van der Waals surface area (Å²) in [4.78, 5) is 37.5. The predicted molar refractivity (Wildman–Crippen MR) is 146 cm³/mol. The number of benzene rings is 1. The second kappa shape index (κ2) is 11.7. The van der Waals surface area contributed by atoms with Crippen molar-refractivity contribution in [2.45, 2.75) is 50.1 Å². The number of likely N-dealkylation sites (N-methyl/N-ethyl adjacent to an activating group) is 1. The standard InChI is InChI=1S/C25H30ClN5O4S.ClH/c1-31-7-6-16-22(12-31)36-25(30-16)24(33)29-18-11-21(35-3)20(34-2)10-17(18)28-23(32)19-9-13-8-14(26)4-5-15(13)27-19;/h4-5,8-9,17-18,20-21,27H,6-7,10-12H2,1-3H3,(H,28,32)(H,29,33);1H. The number of halogens is 2. The van der Waals surface area contributed by atoms with E-state index in [9.17, 15) is 9.59 Å². The lowest BCUT2D eigenvalue weighted by molar-refractivity contribution is -0.0709. The van der Waals surface area contributed by atoms with E-state index in [0.717, 1.165) is 41.0 Å². The van der Waals surface area contributed by atoms with Gasteiger partial charge in [-0.2, -0.15) is 0 Å². The van der Waals surface area contributed by atoms with E-state index in [4.69, 9.17) is 21.1 Å². The Balaban J connectivity index is 0.00000320. The van der Waals surface area contributed by atoms with Gasteiger partial charge < -0.3 is 30.0 Å². The minimum Gasteiger partial charge on any atom is -0.379 e. The second-order valence-electron chi connectivity index (χ2n) is 9.47. The Bertz CT molecular complexity index is 1280. The molecule has 3 aromatic rings. The average Bonchev–Trinajstić information content (AvgIpc) is 3.48. The molecule has 0 spiro atoms. The number of carbonyl (C=O) groups is 2. The maximum atomic E-state index is 13.2. The molecule has 0 bridgehead atoms. The van der Waals surface area contributed by atoms with E-state index >= 15 is 0 Å². The monoisotopic (exact) mass is 567 g/mol. The van der Waals surface area contributed by atoms with Gasteiger partial charge in [-0.1, -0.05) is 11.6 Å². The van der Waals surface area contributed by atoms with Crippen molar-refractivity contribution in [2.75, 3.05) is 27.8 Å². The van der Waals surface area contributed by atoms with Crippen molar-refractivity contribution < 1.29 is 19.1 Å². The lowest BCUT2D eigenvalue weighted by Gasteiger charge is -2.40. The van der Waals surface area contributed by atoms with Gasteiger partial charge in [0, 0.05) is 54.5 Å². The van der Waals surface area contributed by atoms with Crippen LogP contribution >= 0.6 is 35.3 Å². The summed E-state index contributed by atoms with van der Waals surface area (Å²) in [6.07, 6.45) is 1.42. The first-order valence-corrected chi connectivity index (χ1v) is 13.2. The first-order chi connectivity index (χ1) is 17.3. The van der Waals surface area contributed by atoms with Crippen molar-refractivity contribution in [3.8, 4) is 0 Å². The molecule has 200 valence electrons. The van der Waals surface area contributed by atoms with E-state index < -0.39 is 0 Å². The number of ether oxygens (including phenoxy) is 2. The van der Waals surface area contributed by atoms with Gasteiger partial charge in [0.15, 0.2) is 5.01 Å². The minimum atomic E-state index is -0.353. The Morgan fingerprint density at radius 2 is 1.78 bits per heavy atom. The molecule has 0 saturated heterocycles. The molecule has 2 amide bonds. The van der Waals surface area contributed by atoms with Crippen molar-refractivity contribution in [3.63, 3.8) is 0 Å². The Labute approximate surface area is 230 Å². The molecule has 9 nitrogen and oxygen atoms in total. The first-order valence-electron chi connectivity index (χ1n) is 12.0. The molecule has 1 fully saturated rings. The third-order valence-corrected chi connectivity index (χ3v) is 8.37. The van der Waals surface area contributed by atoms with Crippen LogP contribution in [0.1, 0.15) is 43.7 Å². The molecule has 2 aliphatic rings. The van der Waals surface area contributed by atoms with Gasteiger partial charge in [0.25, 0.3) is 11.8 Å². The molecule has 1 aromatic carbocycles. The number of methoxy groups -OCH3 is 2. The number of H-pyrrole nitrogens is 1. The number of aromatic amines is 1.